The quantitative estimate of drug-likeness (QED) is 0.713. The zero-order valence-electron chi connectivity index (χ0n) is 11.3. The van der Waals surface area contributed by atoms with Crippen LogP contribution in [0.2, 0.25) is 0 Å². The lowest BCUT2D eigenvalue weighted by Gasteiger charge is -2.12. The average Bonchev–Trinajstić information content (AvgIpc) is 2.48. The van der Waals surface area contributed by atoms with Crippen LogP contribution in [0.25, 0.3) is 10.8 Å². The van der Waals surface area contributed by atoms with Crippen molar-refractivity contribution in [3.05, 3.63) is 60.2 Å². The van der Waals surface area contributed by atoms with Gasteiger partial charge in [-0.15, -0.1) is 0 Å². The number of aromatic nitrogens is 2. The van der Waals surface area contributed by atoms with Crippen molar-refractivity contribution >= 4 is 22.1 Å². The Morgan fingerprint density at radius 2 is 2.05 bits per heavy atom. The van der Waals surface area contributed by atoms with Crippen LogP contribution in [0.15, 0.2) is 48.9 Å². The van der Waals surface area contributed by atoms with Gasteiger partial charge >= 0.3 is 0 Å². The first-order chi connectivity index (χ1) is 9.75. The van der Waals surface area contributed by atoms with Crippen LogP contribution in [-0.4, -0.2) is 9.97 Å². The van der Waals surface area contributed by atoms with E-state index < -0.39 is 0 Å². The number of pyridine rings is 2. The molecule has 0 saturated carbocycles. The molecule has 0 fully saturated rings. The monoisotopic (exact) mass is 264 g/mol. The van der Waals surface area contributed by atoms with Gasteiger partial charge in [0.15, 0.2) is 0 Å². The highest BCUT2D eigenvalue weighted by Crippen LogP contribution is 2.28. The van der Waals surface area contributed by atoms with E-state index in [9.17, 15) is 0 Å². The molecule has 20 heavy (non-hydrogen) atoms. The minimum absolute atomic E-state index is 0.660. The van der Waals surface area contributed by atoms with E-state index in [2.05, 4.69) is 28.3 Å². The first kappa shape index (κ1) is 12.4. The highest BCUT2D eigenvalue weighted by atomic mass is 14.9. The molecule has 100 valence electrons. The molecule has 0 radical (unpaired) electrons. The molecule has 0 amide bonds. The van der Waals surface area contributed by atoms with E-state index in [1.165, 1.54) is 5.56 Å². The van der Waals surface area contributed by atoms with Gasteiger partial charge in [0.25, 0.3) is 0 Å². The first-order valence-electron chi connectivity index (χ1n) is 6.52. The van der Waals surface area contributed by atoms with Gasteiger partial charge in [-0.2, -0.15) is 0 Å². The van der Waals surface area contributed by atoms with E-state index in [4.69, 9.17) is 5.73 Å². The van der Waals surface area contributed by atoms with Crippen molar-refractivity contribution in [2.75, 3.05) is 11.1 Å². The topological polar surface area (TPSA) is 63.8 Å². The Kier molecular flexibility index (Phi) is 3.21. The predicted molar refractivity (Wildman–Crippen MR) is 82.5 cm³/mol. The minimum atomic E-state index is 0.660. The van der Waals surface area contributed by atoms with E-state index in [-0.39, 0.29) is 0 Å². The van der Waals surface area contributed by atoms with E-state index in [0.717, 1.165) is 27.8 Å². The van der Waals surface area contributed by atoms with Gasteiger partial charge < -0.3 is 11.1 Å². The zero-order valence-corrected chi connectivity index (χ0v) is 11.3. The highest BCUT2D eigenvalue weighted by Gasteiger charge is 2.05. The number of hydrogen-bond donors (Lipinski definition) is 2. The number of fused-ring (bicyclic) bond motifs is 1. The second kappa shape index (κ2) is 5.17. The van der Waals surface area contributed by atoms with Crippen LogP contribution in [0, 0.1) is 6.92 Å². The molecule has 4 heteroatoms. The molecule has 0 unspecified atom stereocenters. The third-order valence-corrected chi connectivity index (χ3v) is 3.43. The molecule has 0 bridgehead atoms. The van der Waals surface area contributed by atoms with Crippen LogP contribution in [-0.2, 0) is 6.54 Å². The smallest absolute Gasteiger partial charge is 0.0630 e. The molecular formula is C16H16N4. The summed E-state index contributed by atoms with van der Waals surface area (Å²) in [6.45, 7) is 2.72. The average molecular weight is 264 g/mol. The number of anilines is 2. The standard InChI is InChI=1S/C16H16N4/c1-11-3-2-7-19-15(11)10-20-14-5-4-12-9-18-8-6-13(12)16(14)17/h2-9,20H,10,17H2,1H3. The van der Waals surface area contributed by atoms with Crippen LogP contribution in [0.1, 0.15) is 11.3 Å². The Labute approximate surface area is 117 Å². The summed E-state index contributed by atoms with van der Waals surface area (Å²) in [6, 6.07) is 9.93. The van der Waals surface area contributed by atoms with Crippen LogP contribution in [0.3, 0.4) is 0 Å². The largest absolute Gasteiger partial charge is 0.397 e. The molecule has 2 aromatic heterocycles. The van der Waals surface area contributed by atoms with Crippen LogP contribution < -0.4 is 11.1 Å². The number of nitrogens with two attached hydrogens (primary N) is 1. The second-order valence-electron chi connectivity index (χ2n) is 4.74. The fourth-order valence-corrected chi connectivity index (χ4v) is 2.23. The molecule has 0 aliphatic carbocycles. The SMILES string of the molecule is Cc1cccnc1CNc1ccc2cnccc2c1N. The molecule has 0 atom stereocenters. The molecule has 3 rings (SSSR count). The third kappa shape index (κ3) is 2.28. The fraction of sp³-hybridized carbons (Fsp3) is 0.125. The summed E-state index contributed by atoms with van der Waals surface area (Å²) in [6.07, 6.45) is 5.38. The van der Waals surface area contributed by atoms with Gasteiger partial charge in [-0.05, 0) is 30.7 Å². The molecule has 0 aliphatic rings. The zero-order chi connectivity index (χ0) is 13.9. The Balaban J connectivity index is 1.88. The Morgan fingerprint density at radius 1 is 1.15 bits per heavy atom. The summed E-state index contributed by atoms with van der Waals surface area (Å²) in [7, 11) is 0. The van der Waals surface area contributed by atoms with E-state index in [1.54, 1.807) is 12.4 Å². The van der Waals surface area contributed by atoms with Crippen molar-refractivity contribution < 1.29 is 0 Å². The van der Waals surface area contributed by atoms with Crippen molar-refractivity contribution in [1.82, 2.24) is 9.97 Å². The molecule has 0 spiro atoms. The molecule has 3 N–H and O–H groups in total. The van der Waals surface area contributed by atoms with E-state index >= 15 is 0 Å². The molecule has 1 aromatic carbocycles. The van der Waals surface area contributed by atoms with Crippen molar-refractivity contribution in [3.63, 3.8) is 0 Å². The minimum Gasteiger partial charge on any atom is -0.397 e. The summed E-state index contributed by atoms with van der Waals surface area (Å²) in [5, 5.41) is 5.42. The summed E-state index contributed by atoms with van der Waals surface area (Å²) >= 11 is 0. The summed E-state index contributed by atoms with van der Waals surface area (Å²) in [5.74, 6) is 0. The third-order valence-electron chi connectivity index (χ3n) is 3.43. The number of hydrogen-bond acceptors (Lipinski definition) is 4. The highest BCUT2D eigenvalue weighted by molar-refractivity contribution is 5.98. The van der Waals surface area contributed by atoms with Crippen molar-refractivity contribution in [1.29, 1.82) is 0 Å². The fourth-order valence-electron chi connectivity index (χ4n) is 2.23. The Hall–Kier alpha value is -2.62. The molecule has 0 aliphatic heterocycles. The van der Waals surface area contributed by atoms with Crippen molar-refractivity contribution in [3.8, 4) is 0 Å². The number of aryl methyl sites for hydroxylation is 1. The number of benzene rings is 1. The normalized spacial score (nSPS) is 10.7. The maximum absolute atomic E-state index is 6.21. The van der Waals surface area contributed by atoms with Gasteiger partial charge in [0.2, 0.25) is 0 Å². The van der Waals surface area contributed by atoms with E-state index in [1.807, 2.05) is 30.5 Å². The van der Waals surface area contributed by atoms with Gasteiger partial charge in [0.1, 0.15) is 0 Å². The molecule has 0 saturated heterocycles. The van der Waals surface area contributed by atoms with Gasteiger partial charge in [0.05, 0.1) is 23.6 Å². The van der Waals surface area contributed by atoms with Crippen LogP contribution in [0.4, 0.5) is 11.4 Å². The van der Waals surface area contributed by atoms with Gasteiger partial charge in [-0.1, -0.05) is 12.1 Å². The predicted octanol–water partition coefficient (Wildman–Crippen LogP) is 3.13. The first-order valence-corrected chi connectivity index (χ1v) is 6.52. The summed E-state index contributed by atoms with van der Waals surface area (Å²) < 4.78 is 0. The molecular weight excluding hydrogens is 248 g/mol. The Morgan fingerprint density at radius 3 is 2.90 bits per heavy atom. The summed E-state index contributed by atoms with van der Waals surface area (Å²) in [4.78, 5) is 8.47. The van der Waals surface area contributed by atoms with Gasteiger partial charge in [-0.25, -0.2) is 0 Å². The van der Waals surface area contributed by atoms with E-state index in [0.29, 0.717) is 6.54 Å². The van der Waals surface area contributed by atoms with Crippen molar-refractivity contribution in [2.24, 2.45) is 0 Å². The molecule has 2 heterocycles. The lowest BCUT2D eigenvalue weighted by Crippen LogP contribution is -2.05. The maximum atomic E-state index is 6.21. The van der Waals surface area contributed by atoms with Gasteiger partial charge in [-0.3, -0.25) is 9.97 Å². The second-order valence-corrected chi connectivity index (χ2v) is 4.74. The maximum Gasteiger partial charge on any atom is 0.0630 e. The van der Waals surface area contributed by atoms with Crippen LogP contribution in [0.5, 0.6) is 0 Å². The summed E-state index contributed by atoms with van der Waals surface area (Å²) in [5.41, 5.74) is 10.1. The number of nitrogens with one attached hydrogen (secondary N) is 1. The van der Waals surface area contributed by atoms with Crippen molar-refractivity contribution in [2.45, 2.75) is 13.5 Å². The number of nitrogens with zero attached hydrogens (tertiary/aromatic N) is 2. The van der Waals surface area contributed by atoms with Gasteiger partial charge in [0, 0.05) is 29.4 Å². The van der Waals surface area contributed by atoms with Crippen LogP contribution >= 0.6 is 0 Å². The lowest BCUT2D eigenvalue weighted by atomic mass is 10.1. The molecule has 3 aromatic rings. The Bertz CT molecular complexity index is 752. The number of rotatable bonds is 3. The number of nitrogen functional groups attached to an aromatic ring is 1. The lowest BCUT2D eigenvalue weighted by molar-refractivity contribution is 1.02. The molecule has 4 nitrogen and oxygen atoms in total.